The minimum Gasteiger partial charge on any atom is -0.400 e. The first-order valence-corrected chi connectivity index (χ1v) is 6.61. The van der Waals surface area contributed by atoms with Crippen LogP contribution in [0.5, 0.6) is 0 Å². The average molecular weight is 281 g/mol. The van der Waals surface area contributed by atoms with Crippen molar-refractivity contribution in [3.05, 3.63) is 33.4 Å². The Hall–Kier alpha value is -1.18. The Morgan fingerprint density at radius 3 is 2.30 bits per heavy atom. The molecule has 0 aromatic heterocycles. The van der Waals surface area contributed by atoms with Crippen molar-refractivity contribution in [2.45, 2.75) is 51.4 Å². The Morgan fingerprint density at radius 2 is 1.85 bits per heavy atom. The van der Waals surface area contributed by atoms with E-state index in [2.05, 4.69) is 0 Å². The molecule has 1 atom stereocenters. The highest BCUT2D eigenvalue weighted by Gasteiger charge is 2.53. The molecule has 0 N–H and O–H groups in total. The van der Waals surface area contributed by atoms with Crippen LogP contribution >= 0.6 is 0 Å². The van der Waals surface area contributed by atoms with Crippen LogP contribution in [0.3, 0.4) is 0 Å². The quantitative estimate of drug-likeness (QED) is 0.450. The lowest BCUT2D eigenvalue weighted by Crippen LogP contribution is -2.41. The van der Waals surface area contributed by atoms with Crippen LogP contribution in [0.1, 0.15) is 34.1 Å². The summed E-state index contributed by atoms with van der Waals surface area (Å²) < 4.78 is 17.1. The van der Waals surface area contributed by atoms with E-state index < -0.39 is 29.3 Å². The Kier molecular flexibility index (Phi) is 3.79. The Bertz CT molecular complexity index is 467. The van der Waals surface area contributed by atoms with E-state index in [0.29, 0.717) is 6.42 Å². The first kappa shape index (κ1) is 15.2. The highest BCUT2D eigenvalue weighted by Crippen LogP contribution is 2.40. The highest BCUT2D eigenvalue weighted by molar-refractivity contribution is 6.54. The molecular formula is C13H20BNO5. The van der Waals surface area contributed by atoms with Crippen LogP contribution in [-0.2, 0) is 14.0 Å². The molecule has 1 saturated heterocycles. The van der Waals surface area contributed by atoms with E-state index in [1.165, 1.54) is 13.2 Å². The van der Waals surface area contributed by atoms with Gasteiger partial charge in [-0.3, -0.25) is 10.1 Å². The molecule has 0 unspecified atom stereocenters. The molecule has 0 spiro atoms. The van der Waals surface area contributed by atoms with Gasteiger partial charge in [0.25, 0.3) is 5.70 Å². The summed E-state index contributed by atoms with van der Waals surface area (Å²) in [5, 5.41) is 10.9. The number of hydrogen-bond donors (Lipinski definition) is 0. The van der Waals surface area contributed by atoms with Crippen LogP contribution in [0.2, 0.25) is 0 Å². The summed E-state index contributed by atoms with van der Waals surface area (Å²) in [5.41, 5.74) is 0.0800. The molecule has 2 rings (SSSR count). The molecule has 1 fully saturated rings. The van der Waals surface area contributed by atoms with Crippen LogP contribution in [0, 0.1) is 10.1 Å². The molecule has 0 radical (unpaired) electrons. The summed E-state index contributed by atoms with van der Waals surface area (Å²) in [6.07, 6.45) is 3.01. The second-order valence-electron chi connectivity index (χ2n) is 6.11. The van der Waals surface area contributed by atoms with E-state index in [4.69, 9.17) is 14.0 Å². The predicted octanol–water partition coefficient (Wildman–Crippen LogP) is 2.12. The zero-order chi connectivity index (χ0) is 15.1. The van der Waals surface area contributed by atoms with E-state index in [9.17, 15) is 10.1 Å². The molecule has 0 bridgehead atoms. The summed E-state index contributed by atoms with van der Waals surface area (Å²) in [6.45, 7) is 7.90. The van der Waals surface area contributed by atoms with Gasteiger partial charge in [-0.2, -0.15) is 0 Å². The van der Waals surface area contributed by atoms with E-state index in [1.807, 2.05) is 27.7 Å². The molecule has 1 aliphatic heterocycles. The maximum Gasteiger partial charge on any atom is 0.490 e. The first-order valence-electron chi connectivity index (χ1n) is 6.61. The van der Waals surface area contributed by atoms with Gasteiger partial charge in [-0.05, 0) is 33.2 Å². The van der Waals surface area contributed by atoms with Gasteiger partial charge in [0, 0.05) is 19.6 Å². The monoisotopic (exact) mass is 281 g/mol. The number of rotatable bonds is 3. The van der Waals surface area contributed by atoms with Crippen LogP contribution in [-0.4, -0.2) is 36.5 Å². The zero-order valence-corrected chi connectivity index (χ0v) is 12.5. The van der Waals surface area contributed by atoms with Crippen molar-refractivity contribution in [3.63, 3.8) is 0 Å². The Labute approximate surface area is 119 Å². The van der Waals surface area contributed by atoms with Gasteiger partial charge in [0.1, 0.15) is 0 Å². The van der Waals surface area contributed by atoms with Gasteiger partial charge in [0.05, 0.1) is 16.1 Å². The van der Waals surface area contributed by atoms with Gasteiger partial charge in [-0.1, -0.05) is 6.08 Å². The maximum atomic E-state index is 10.9. The molecular weight excluding hydrogens is 261 g/mol. The fourth-order valence-electron chi connectivity index (χ4n) is 2.24. The number of nitrogens with zero attached hydrogens (tertiary/aromatic N) is 1. The molecule has 2 aliphatic rings. The van der Waals surface area contributed by atoms with E-state index in [1.54, 1.807) is 6.08 Å². The van der Waals surface area contributed by atoms with Crippen molar-refractivity contribution in [2.24, 2.45) is 0 Å². The van der Waals surface area contributed by atoms with Crippen molar-refractivity contribution >= 4 is 7.12 Å². The molecule has 0 aromatic rings. The third-order valence-corrected chi connectivity index (χ3v) is 4.27. The molecule has 6 nitrogen and oxygen atoms in total. The number of allylic oxidation sites excluding steroid dienone is 2. The number of nitro groups is 1. The SMILES string of the molecule is CO[C@@H]1CC(B2OC(C)(C)C(C)(C)O2)=CC=C1[N+](=O)[O-]. The molecule has 20 heavy (non-hydrogen) atoms. The normalized spacial score (nSPS) is 28.1. The summed E-state index contributed by atoms with van der Waals surface area (Å²) in [5.74, 6) is 0. The average Bonchev–Trinajstić information content (AvgIpc) is 2.57. The van der Waals surface area contributed by atoms with Gasteiger partial charge in [0.2, 0.25) is 0 Å². The predicted molar refractivity (Wildman–Crippen MR) is 74.7 cm³/mol. The molecule has 1 aliphatic carbocycles. The molecule has 1 heterocycles. The third kappa shape index (κ3) is 2.53. The molecule has 110 valence electrons. The highest BCUT2D eigenvalue weighted by atomic mass is 16.7. The van der Waals surface area contributed by atoms with Gasteiger partial charge in [0.15, 0.2) is 6.10 Å². The van der Waals surface area contributed by atoms with Crippen LogP contribution in [0.25, 0.3) is 0 Å². The second kappa shape index (κ2) is 4.98. The van der Waals surface area contributed by atoms with Gasteiger partial charge < -0.3 is 14.0 Å². The van der Waals surface area contributed by atoms with Crippen LogP contribution in [0.4, 0.5) is 0 Å². The van der Waals surface area contributed by atoms with Crippen molar-refractivity contribution in [3.8, 4) is 0 Å². The van der Waals surface area contributed by atoms with Gasteiger partial charge >= 0.3 is 7.12 Å². The lowest BCUT2D eigenvalue weighted by Gasteiger charge is -2.32. The molecule has 0 saturated carbocycles. The number of ether oxygens (including phenoxy) is 1. The van der Waals surface area contributed by atoms with Crippen LogP contribution in [0.15, 0.2) is 23.3 Å². The van der Waals surface area contributed by atoms with E-state index >= 15 is 0 Å². The summed E-state index contributed by atoms with van der Waals surface area (Å²) >= 11 is 0. The third-order valence-electron chi connectivity index (χ3n) is 4.27. The van der Waals surface area contributed by atoms with E-state index in [0.717, 1.165) is 5.47 Å². The molecule has 7 heteroatoms. The largest absolute Gasteiger partial charge is 0.490 e. The van der Waals surface area contributed by atoms with Crippen LogP contribution < -0.4 is 0 Å². The topological polar surface area (TPSA) is 70.8 Å². The fraction of sp³-hybridized carbons (Fsp3) is 0.692. The fourth-order valence-corrected chi connectivity index (χ4v) is 2.24. The van der Waals surface area contributed by atoms with Crippen molar-refractivity contribution in [2.75, 3.05) is 7.11 Å². The number of hydrogen-bond acceptors (Lipinski definition) is 5. The zero-order valence-electron chi connectivity index (χ0n) is 12.5. The van der Waals surface area contributed by atoms with Crippen molar-refractivity contribution in [1.29, 1.82) is 0 Å². The smallest absolute Gasteiger partial charge is 0.400 e. The molecule has 0 amide bonds. The lowest BCUT2D eigenvalue weighted by molar-refractivity contribution is -0.436. The van der Waals surface area contributed by atoms with Crippen molar-refractivity contribution < 1.29 is 19.0 Å². The standard InChI is InChI=1S/C13H20BNO5/c1-12(2)13(3,4)20-14(19-12)9-6-7-10(15(16)17)11(8-9)18-5/h6-7,11H,8H2,1-5H3/t11-/m1/s1. The maximum absolute atomic E-state index is 10.9. The second-order valence-corrected chi connectivity index (χ2v) is 6.11. The van der Waals surface area contributed by atoms with Gasteiger partial charge in [-0.15, -0.1) is 0 Å². The van der Waals surface area contributed by atoms with E-state index in [-0.39, 0.29) is 5.70 Å². The summed E-state index contributed by atoms with van der Waals surface area (Å²) in [4.78, 5) is 10.5. The summed E-state index contributed by atoms with van der Waals surface area (Å²) in [7, 11) is 0.983. The Morgan fingerprint density at radius 1 is 1.30 bits per heavy atom. The molecule has 0 aromatic carbocycles. The minimum atomic E-state index is -0.566. The first-order chi connectivity index (χ1) is 9.18. The van der Waals surface area contributed by atoms with Gasteiger partial charge in [-0.25, -0.2) is 0 Å². The summed E-state index contributed by atoms with van der Waals surface area (Å²) in [6, 6.07) is 0. The minimum absolute atomic E-state index is 0.0627. The lowest BCUT2D eigenvalue weighted by atomic mass is 9.73. The van der Waals surface area contributed by atoms with Crippen molar-refractivity contribution in [1.82, 2.24) is 0 Å². The Balaban J connectivity index is 2.22. The number of methoxy groups -OCH3 is 1.